The summed E-state index contributed by atoms with van der Waals surface area (Å²) < 4.78 is 0. The summed E-state index contributed by atoms with van der Waals surface area (Å²) in [5.41, 5.74) is 0.506. The average molecular weight is 235 g/mol. The molecule has 0 aliphatic rings. The van der Waals surface area contributed by atoms with E-state index in [1.807, 2.05) is 0 Å². The molecule has 2 aromatic rings. The van der Waals surface area contributed by atoms with Gasteiger partial charge in [-0.1, -0.05) is 11.6 Å². The molecule has 0 fully saturated rings. The molecule has 1 amide bonds. The third-order valence-electron chi connectivity index (χ3n) is 1.82. The lowest BCUT2D eigenvalue weighted by atomic mass is 10.2. The van der Waals surface area contributed by atoms with Crippen LogP contribution in [0.5, 0.6) is 0 Å². The van der Waals surface area contributed by atoms with E-state index < -0.39 is 0 Å². The first kappa shape index (κ1) is 10.5. The molecule has 0 bridgehead atoms. The number of carbonyl (C=O) groups excluding carboxylic acids is 1. The third-order valence-corrected chi connectivity index (χ3v) is 2.02. The highest BCUT2D eigenvalue weighted by Crippen LogP contribution is 2.07. The number of rotatable bonds is 2. The van der Waals surface area contributed by atoms with Crippen molar-refractivity contribution in [2.45, 2.75) is 0 Å². The van der Waals surface area contributed by atoms with Gasteiger partial charge in [0.1, 0.15) is 0 Å². The van der Waals surface area contributed by atoms with Gasteiger partial charge in [-0.3, -0.25) is 9.78 Å². The van der Waals surface area contributed by atoms with E-state index in [1.54, 1.807) is 36.7 Å². The van der Waals surface area contributed by atoms with Crippen molar-refractivity contribution in [2.24, 2.45) is 0 Å². The highest BCUT2D eigenvalue weighted by Gasteiger charge is 2.05. The summed E-state index contributed by atoms with van der Waals surface area (Å²) in [7, 11) is 0. The third kappa shape index (κ3) is 2.52. The van der Waals surface area contributed by atoms with Crippen molar-refractivity contribution in [3.63, 3.8) is 0 Å². The summed E-state index contributed by atoms with van der Waals surface area (Å²) >= 11 is 5.57. The van der Waals surface area contributed by atoms with E-state index in [1.165, 1.54) is 0 Å². The molecule has 0 saturated carbocycles. The van der Waals surface area contributed by atoms with Crippen molar-refractivity contribution >= 4 is 23.3 Å². The van der Waals surface area contributed by atoms with Gasteiger partial charge in [0, 0.05) is 18.0 Å². The van der Waals surface area contributed by atoms with Crippen molar-refractivity contribution in [2.75, 3.05) is 5.32 Å². The molecule has 0 unspecified atom stereocenters. The van der Waals surface area contributed by atoms with Crippen LogP contribution in [0.25, 0.3) is 0 Å². The average Bonchev–Trinajstić information content (AvgIpc) is 2.33. The summed E-state index contributed by atoms with van der Waals surface area (Å²) in [6.45, 7) is 0. The lowest BCUT2D eigenvalue weighted by Gasteiger charge is -2.02. The molecule has 0 aliphatic carbocycles. The van der Waals surface area contributed by atoms with Crippen LogP contribution >= 0.6 is 11.6 Å². The fourth-order valence-electron chi connectivity index (χ4n) is 1.07. The number of amides is 1. The van der Waals surface area contributed by atoms with Gasteiger partial charge in [-0.05, 0) is 24.3 Å². The Morgan fingerprint density at radius 3 is 2.50 bits per heavy atom. The SMILES string of the molecule is O=C(Nc1ccc(Cl)nn1)c1ccncc1. The number of pyridine rings is 1. The van der Waals surface area contributed by atoms with Crippen molar-refractivity contribution in [3.8, 4) is 0 Å². The second-order valence-corrected chi connectivity index (χ2v) is 3.32. The fraction of sp³-hybridized carbons (Fsp3) is 0. The Kier molecular flexibility index (Phi) is 3.07. The van der Waals surface area contributed by atoms with Gasteiger partial charge in [-0.25, -0.2) is 0 Å². The smallest absolute Gasteiger partial charge is 0.256 e. The molecule has 6 heteroatoms. The first-order valence-corrected chi connectivity index (χ1v) is 4.84. The van der Waals surface area contributed by atoms with Crippen LogP contribution in [0.15, 0.2) is 36.7 Å². The quantitative estimate of drug-likeness (QED) is 0.860. The van der Waals surface area contributed by atoms with Crippen LogP contribution in [-0.2, 0) is 0 Å². The molecule has 2 rings (SSSR count). The Morgan fingerprint density at radius 1 is 1.12 bits per heavy atom. The van der Waals surface area contributed by atoms with E-state index >= 15 is 0 Å². The van der Waals surface area contributed by atoms with Gasteiger partial charge >= 0.3 is 0 Å². The van der Waals surface area contributed by atoms with Crippen LogP contribution in [-0.4, -0.2) is 21.1 Å². The number of carbonyl (C=O) groups is 1. The summed E-state index contributed by atoms with van der Waals surface area (Å²) in [6.07, 6.45) is 3.09. The van der Waals surface area contributed by atoms with Crippen molar-refractivity contribution in [1.29, 1.82) is 0 Å². The molecule has 1 N–H and O–H groups in total. The number of hydrogen-bond acceptors (Lipinski definition) is 4. The first-order valence-electron chi connectivity index (χ1n) is 4.46. The molecule has 0 saturated heterocycles. The number of nitrogens with one attached hydrogen (secondary N) is 1. The Hall–Kier alpha value is -2.01. The Balaban J connectivity index is 2.11. The summed E-state index contributed by atoms with van der Waals surface area (Å²) in [5, 5.41) is 10.2. The van der Waals surface area contributed by atoms with Gasteiger partial charge in [0.2, 0.25) is 0 Å². The first-order chi connectivity index (χ1) is 7.75. The monoisotopic (exact) mass is 234 g/mol. The predicted octanol–water partition coefficient (Wildman–Crippen LogP) is 1.78. The number of nitrogens with zero attached hydrogens (tertiary/aromatic N) is 3. The molecule has 0 radical (unpaired) electrons. The van der Waals surface area contributed by atoms with Crippen LogP contribution in [0.1, 0.15) is 10.4 Å². The number of hydrogen-bond donors (Lipinski definition) is 1. The normalized spacial score (nSPS) is 9.81. The van der Waals surface area contributed by atoms with Crippen LogP contribution in [0.3, 0.4) is 0 Å². The van der Waals surface area contributed by atoms with Gasteiger partial charge in [0.05, 0.1) is 0 Å². The summed E-state index contributed by atoms with van der Waals surface area (Å²) in [6, 6.07) is 6.35. The molecule has 2 heterocycles. The van der Waals surface area contributed by atoms with Crippen LogP contribution in [0, 0.1) is 0 Å². The lowest BCUT2D eigenvalue weighted by molar-refractivity contribution is 0.102. The zero-order valence-electron chi connectivity index (χ0n) is 8.09. The van der Waals surface area contributed by atoms with E-state index in [2.05, 4.69) is 20.5 Å². The second-order valence-electron chi connectivity index (χ2n) is 2.93. The van der Waals surface area contributed by atoms with Crippen molar-refractivity contribution in [3.05, 3.63) is 47.4 Å². The zero-order valence-corrected chi connectivity index (χ0v) is 8.85. The van der Waals surface area contributed by atoms with Gasteiger partial charge in [-0.2, -0.15) is 0 Å². The highest BCUT2D eigenvalue weighted by atomic mass is 35.5. The topological polar surface area (TPSA) is 67.8 Å². The van der Waals surface area contributed by atoms with E-state index in [4.69, 9.17) is 11.6 Å². The molecule has 0 aromatic carbocycles. The molecule has 0 spiro atoms. The van der Waals surface area contributed by atoms with E-state index in [0.29, 0.717) is 11.4 Å². The molecule has 16 heavy (non-hydrogen) atoms. The van der Waals surface area contributed by atoms with Gasteiger partial charge in [0.15, 0.2) is 11.0 Å². The standard InChI is InChI=1S/C10H7ClN4O/c11-8-1-2-9(15-14-8)13-10(16)7-3-5-12-6-4-7/h1-6H,(H,13,15,16). The molecule has 2 aromatic heterocycles. The van der Waals surface area contributed by atoms with Crippen molar-refractivity contribution in [1.82, 2.24) is 15.2 Å². The summed E-state index contributed by atoms with van der Waals surface area (Å²) in [4.78, 5) is 15.5. The minimum Gasteiger partial charge on any atom is -0.305 e. The largest absolute Gasteiger partial charge is 0.305 e. The van der Waals surface area contributed by atoms with Crippen LogP contribution < -0.4 is 5.32 Å². The Morgan fingerprint density at radius 2 is 1.88 bits per heavy atom. The van der Waals surface area contributed by atoms with E-state index in [0.717, 1.165) is 0 Å². The maximum absolute atomic E-state index is 11.7. The van der Waals surface area contributed by atoms with E-state index in [9.17, 15) is 4.79 Å². The van der Waals surface area contributed by atoms with Crippen LogP contribution in [0.2, 0.25) is 5.15 Å². The minimum absolute atomic E-state index is 0.265. The van der Waals surface area contributed by atoms with E-state index in [-0.39, 0.29) is 11.1 Å². The summed E-state index contributed by atoms with van der Waals surface area (Å²) in [5.74, 6) is 0.0882. The fourth-order valence-corrected chi connectivity index (χ4v) is 1.18. The maximum Gasteiger partial charge on any atom is 0.256 e. The Bertz CT molecular complexity index is 486. The maximum atomic E-state index is 11.7. The minimum atomic E-state index is -0.265. The van der Waals surface area contributed by atoms with Crippen LogP contribution in [0.4, 0.5) is 5.82 Å². The second kappa shape index (κ2) is 4.67. The molecule has 5 nitrogen and oxygen atoms in total. The predicted molar refractivity (Wildman–Crippen MR) is 59.2 cm³/mol. The van der Waals surface area contributed by atoms with Gasteiger partial charge in [-0.15, -0.1) is 10.2 Å². The molecular weight excluding hydrogens is 228 g/mol. The number of aromatic nitrogens is 3. The van der Waals surface area contributed by atoms with Gasteiger partial charge in [0.25, 0.3) is 5.91 Å². The molecule has 80 valence electrons. The molecule has 0 atom stereocenters. The lowest BCUT2D eigenvalue weighted by Crippen LogP contribution is -2.13. The van der Waals surface area contributed by atoms with Crippen molar-refractivity contribution < 1.29 is 4.79 Å². The number of anilines is 1. The highest BCUT2D eigenvalue weighted by molar-refractivity contribution is 6.29. The Labute approximate surface area is 96.5 Å². The zero-order chi connectivity index (χ0) is 11.4. The number of halogens is 1. The van der Waals surface area contributed by atoms with Gasteiger partial charge < -0.3 is 5.32 Å². The molecule has 0 aliphatic heterocycles. The molecular formula is C10H7ClN4O.